The minimum atomic E-state index is 0. The molecule has 0 amide bonds. The van der Waals surface area contributed by atoms with Crippen molar-refractivity contribution < 1.29 is 0 Å². The van der Waals surface area contributed by atoms with E-state index < -0.39 is 0 Å². The third-order valence-electron chi connectivity index (χ3n) is 2.52. The molecule has 0 aliphatic carbocycles. The van der Waals surface area contributed by atoms with E-state index >= 15 is 0 Å². The highest BCUT2D eigenvalue weighted by Crippen LogP contribution is 2.15. The number of hydrogen-bond donors (Lipinski definition) is 1. The molecule has 0 atom stereocenters. The Morgan fingerprint density at radius 3 is 2.31 bits per heavy atom. The fraction of sp³-hybridized carbons (Fsp3) is 0.889. The smallest absolute Gasteiger partial charge is 0.193 e. The van der Waals surface area contributed by atoms with Crippen LogP contribution in [0, 0.1) is 5.92 Å². The molecule has 0 radical (unpaired) electrons. The maximum atomic E-state index is 4.19. The number of halogens is 1. The lowest BCUT2D eigenvalue weighted by Crippen LogP contribution is -2.43. The van der Waals surface area contributed by atoms with E-state index in [2.05, 4.69) is 22.1 Å². The minimum Gasteiger partial charge on any atom is -0.359 e. The maximum Gasteiger partial charge on any atom is 0.193 e. The molecule has 0 spiro atoms. The Labute approximate surface area is 98.0 Å². The van der Waals surface area contributed by atoms with E-state index in [1.54, 1.807) is 0 Å². The SMILES string of the molecule is CN=C(NC)N1CCC(C)CC1.I. The van der Waals surface area contributed by atoms with E-state index in [4.69, 9.17) is 0 Å². The molecule has 1 fully saturated rings. The first-order chi connectivity index (χ1) is 5.77. The van der Waals surface area contributed by atoms with Crippen LogP contribution in [0.15, 0.2) is 4.99 Å². The third kappa shape index (κ3) is 3.70. The van der Waals surface area contributed by atoms with E-state index in [-0.39, 0.29) is 24.0 Å². The van der Waals surface area contributed by atoms with Crippen LogP contribution >= 0.6 is 24.0 Å². The molecular weight excluding hydrogens is 277 g/mol. The average molecular weight is 297 g/mol. The van der Waals surface area contributed by atoms with Crippen LogP contribution in [0.3, 0.4) is 0 Å². The number of guanidine groups is 1. The predicted molar refractivity (Wildman–Crippen MR) is 67.8 cm³/mol. The van der Waals surface area contributed by atoms with Crippen molar-refractivity contribution in [3.05, 3.63) is 0 Å². The van der Waals surface area contributed by atoms with Gasteiger partial charge in [-0.25, -0.2) is 0 Å². The molecule has 1 saturated heterocycles. The Balaban J connectivity index is 0.00000144. The van der Waals surface area contributed by atoms with Gasteiger partial charge in [-0.15, -0.1) is 24.0 Å². The van der Waals surface area contributed by atoms with Gasteiger partial charge in [0.15, 0.2) is 5.96 Å². The predicted octanol–water partition coefficient (Wildman–Crippen LogP) is 1.54. The first-order valence-electron chi connectivity index (χ1n) is 4.67. The van der Waals surface area contributed by atoms with Gasteiger partial charge in [-0.1, -0.05) is 6.92 Å². The second-order valence-electron chi connectivity index (χ2n) is 3.47. The highest BCUT2D eigenvalue weighted by molar-refractivity contribution is 14.0. The Hall–Kier alpha value is 0. The lowest BCUT2D eigenvalue weighted by Gasteiger charge is -2.32. The fourth-order valence-corrected chi connectivity index (χ4v) is 1.63. The molecule has 78 valence electrons. The molecule has 0 aromatic rings. The van der Waals surface area contributed by atoms with Crippen LogP contribution in [-0.2, 0) is 0 Å². The van der Waals surface area contributed by atoms with Crippen LogP contribution in [0.1, 0.15) is 19.8 Å². The quantitative estimate of drug-likeness (QED) is 0.417. The first-order valence-corrected chi connectivity index (χ1v) is 4.67. The van der Waals surface area contributed by atoms with Gasteiger partial charge in [-0.3, -0.25) is 4.99 Å². The monoisotopic (exact) mass is 297 g/mol. The van der Waals surface area contributed by atoms with Gasteiger partial charge >= 0.3 is 0 Å². The first kappa shape index (κ1) is 13.0. The molecule has 0 aromatic heterocycles. The second kappa shape index (κ2) is 6.45. The molecule has 1 aliphatic heterocycles. The second-order valence-corrected chi connectivity index (χ2v) is 3.47. The van der Waals surface area contributed by atoms with Gasteiger partial charge in [0, 0.05) is 27.2 Å². The lowest BCUT2D eigenvalue weighted by atomic mass is 10.00. The number of piperidine rings is 1. The van der Waals surface area contributed by atoms with Gasteiger partial charge in [0.1, 0.15) is 0 Å². The maximum absolute atomic E-state index is 4.19. The van der Waals surface area contributed by atoms with Crippen molar-refractivity contribution in [1.82, 2.24) is 10.2 Å². The van der Waals surface area contributed by atoms with E-state index in [0.717, 1.165) is 25.0 Å². The van der Waals surface area contributed by atoms with E-state index in [1.807, 2.05) is 14.1 Å². The zero-order valence-corrected chi connectivity index (χ0v) is 11.0. The zero-order chi connectivity index (χ0) is 8.97. The van der Waals surface area contributed by atoms with E-state index in [9.17, 15) is 0 Å². The van der Waals surface area contributed by atoms with Crippen molar-refractivity contribution in [3.63, 3.8) is 0 Å². The summed E-state index contributed by atoms with van der Waals surface area (Å²) in [6.45, 7) is 4.61. The Bertz CT molecular complexity index is 162. The van der Waals surface area contributed by atoms with Crippen LogP contribution < -0.4 is 5.32 Å². The van der Waals surface area contributed by atoms with Crippen molar-refractivity contribution in [3.8, 4) is 0 Å². The average Bonchev–Trinajstić information content (AvgIpc) is 2.10. The number of aliphatic imine (C=N–C) groups is 1. The summed E-state index contributed by atoms with van der Waals surface area (Å²) in [6, 6.07) is 0. The molecule has 0 saturated carbocycles. The number of hydrogen-bond acceptors (Lipinski definition) is 1. The van der Waals surface area contributed by atoms with Gasteiger partial charge in [0.2, 0.25) is 0 Å². The summed E-state index contributed by atoms with van der Waals surface area (Å²) in [7, 11) is 3.77. The molecule has 4 heteroatoms. The van der Waals surface area contributed by atoms with Crippen molar-refractivity contribution >= 4 is 29.9 Å². The van der Waals surface area contributed by atoms with Crippen molar-refractivity contribution in [2.45, 2.75) is 19.8 Å². The molecule has 0 bridgehead atoms. The van der Waals surface area contributed by atoms with Gasteiger partial charge < -0.3 is 10.2 Å². The summed E-state index contributed by atoms with van der Waals surface area (Å²) in [4.78, 5) is 6.51. The van der Waals surface area contributed by atoms with Crippen molar-refractivity contribution in [2.24, 2.45) is 10.9 Å². The Morgan fingerprint density at radius 1 is 1.38 bits per heavy atom. The number of rotatable bonds is 0. The topological polar surface area (TPSA) is 27.6 Å². The molecule has 3 nitrogen and oxygen atoms in total. The highest BCUT2D eigenvalue weighted by Gasteiger charge is 2.17. The molecular formula is C9H20IN3. The van der Waals surface area contributed by atoms with Gasteiger partial charge in [0.05, 0.1) is 0 Å². The molecule has 0 unspecified atom stereocenters. The van der Waals surface area contributed by atoms with Gasteiger partial charge in [-0.2, -0.15) is 0 Å². The summed E-state index contributed by atoms with van der Waals surface area (Å²) in [5.41, 5.74) is 0. The van der Waals surface area contributed by atoms with Crippen LogP contribution in [0.25, 0.3) is 0 Å². The number of likely N-dealkylation sites (tertiary alicyclic amines) is 1. The minimum absolute atomic E-state index is 0. The molecule has 1 N–H and O–H groups in total. The molecule has 13 heavy (non-hydrogen) atoms. The van der Waals surface area contributed by atoms with Crippen molar-refractivity contribution in [1.29, 1.82) is 0 Å². The summed E-state index contributed by atoms with van der Waals surface area (Å²) in [6.07, 6.45) is 2.58. The van der Waals surface area contributed by atoms with Crippen LogP contribution in [-0.4, -0.2) is 38.0 Å². The Kier molecular flexibility index (Phi) is 6.45. The summed E-state index contributed by atoms with van der Waals surface area (Å²) < 4.78 is 0. The summed E-state index contributed by atoms with van der Waals surface area (Å²) >= 11 is 0. The normalized spacial score (nSPS) is 19.6. The van der Waals surface area contributed by atoms with Gasteiger partial charge in [0.25, 0.3) is 0 Å². The van der Waals surface area contributed by atoms with E-state index in [1.165, 1.54) is 12.8 Å². The van der Waals surface area contributed by atoms with Crippen molar-refractivity contribution in [2.75, 3.05) is 27.2 Å². The number of nitrogens with zero attached hydrogens (tertiary/aromatic N) is 2. The Morgan fingerprint density at radius 2 is 1.92 bits per heavy atom. The van der Waals surface area contributed by atoms with Crippen LogP contribution in [0.2, 0.25) is 0 Å². The standard InChI is InChI=1S/C9H19N3.HI/c1-8-4-6-12(7-5-8)9(10-2)11-3;/h8H,4-7H2,1-3H3,(H,10,11);1H. The summed E-state index contributed by atoms with van der Waals surface area (Å²) in [5.74, 6) is 1.91. The zero-order valence-electron chi connectivity index (χ0n) is 8.71. The fourth-order valence-electron chi connectivity index (χ4n) is 1.63. The highest BCUT2D eigenvalue weighted by atomic mass is 127. The third-order valence-corrected chi connectivity index (χ3v) is 2.52. The van der Waals surface area contributed by atoms with Crippen LogP contribution in [0.4, 0.5) is 0 Å². The molecule has 1 heterocycles. The molecule has 1 rings (SSSR count). The summed E-state index contributed by atoms with van der Waals surface area (Å²) in [5, 5.41) is 3.11. The number of nitrogens with one attached hydrogen (secondary N) is 1. The lowest BCUT2D eigenvalue weighted by molar-refractivity contribution is 0.275. The molecule has 0 aromatic carbocycles. The van der Waals surface area contributed by atoms with Crippen LogP contribution in [0.5, 0.6) is 0 Å². The van der Waals surface area contributed by atoms with E-state index in [0.29, 0.717) is 0 Å². The molecule has 1 aliphatic rings. The van der Waals surface area contributed by atoms with Gasteiger partial charge in [-0.05, 0) is 18.8 Å². The largest absolute Gasteiger partial charge is 0.359 e.